The maximum atomic E-state index is 13.5. The summed E-state index contributed by atoms with van der Waals surface area (Å²) >= 11 is 0. The molecule has 0 radical (unpaired) electrons. The van der Waals surface area contributed by atoms with Crippen molar-refractivity contribution in [2.24, 2.45) is 11.8 Å². The van der Waals surface area contributed by atoms with E-state index in [0.717, 1.165) is 16.2 Å². The third-order valence-corrected chi connectivity index (χ3v) is 6.46. The highest BCUT2D eigenvalue weighted by Crippen LogP contribution is 2.49. The van der Waals surface area contributed by atoms with E-state index in [4.69, 9.17) is 0 Å². The molecule has 5 rings (SSSR count). The molecular formula is C23H19N3O5. The van der Waals surface area contributed by atoms with Gasteiger partial charge in [0.1, 0.15) is 6.04 Å². The zero-order chi connectivity index (χ0) is 22.0. The first-order chi connectivity index (χ1) is 14.8. The van der Waals surface area contributed by atoms with Gasteiger partial charge in [-0.3, -0.25) is 24.5 Å². The fourth-order valence-electron chi connectivity index (χ4n) is 5.21. The van der Waals surface area contributed by atoms with Gasteiger partial charge >= 0.3 is 0 Å². The molecule has 0 unspecified atom stereocenters. The van der Waals surface area contributed by atoms with Crippen LogP contribution in [-0.2, 0) is 14.4 Å². The van der Waals surface area contributed by atoms with Gasteiger partial charge in [-0.15, -0.1) is 0 Å². The molecule has 2 aromatic carbocycles. The second-order valence-electron chi connectivity index (χ2n) is 8.16. The van der Waals surface area contributed by atoms with Gasteiger partial charge in [0.05, 0.1) is 28.5 Å². The Balaban J connectivity index is 1.60. The molecule has 3 heterocycles. The summed E-state index contributed by atoms with van der Waals surface area (Å²) in [5, 5.41) is 11.1. The lowest BCUT2D eigenvalue weighted by atomic mass is 9.88. The van der Waals surface area contributed by atoms with E-state index in [2.05, 4.69) is 0 Å². The number of non-ortho nitro benzene ring substituents is 1. The zero-order valence-electron chi connectivity index (χ0n) is 16.9. The van der Waals surface area contributed by atoms with Crippen LogP contribution in [0.1, 0.15) is 18.1 Å². The van der Waals surface area contributed by atoms with Crippen LogP contribution in [0, 0.1) is 28.9 Å². The van der Waals surface area contributed by atoms with Crippen LogP contribution < -0.4 is 9.80 Å². The van der Waals surface area contributed by atoms with Crippen LogP contribution in [0.15, 0.2) is 48.5 Å². The molecule has 2 saturated heterocycles. The maximum absolute atomic E-state index is 13.5. The lowest BCUT2D eigenvalue weighted by molar-refractivity contribution is -0.384. The normalized spacial score (nSPS) is 26.0. The number of rotatable bonds is 3. The molecule has 0 bridgehead atoms. The second-order valence-corrected chi connectivity index (χ2v) is 8.16. The maximum Gasteiger partial charge on any atom is 0.269 e. The van der Waals surface area contributed by atoms with Gasteiger partial charge in [-0.2, -0.15) is 0 Å². The number of ketones is 1. The van der Waals surface area contributed by atoms with Crippen molar-refractivity contribution in [1.82, 2.24) is 0 Å². The molecule has 0 N–H and O–H groups in total. The van der Waals surface area contributed by atoms with E-state index in [-0.39, 0.29) is 17.4 Å². The van der Waals surface area contributed by atoms with E-state index < -0.39 is 34.7 Å². The van der Waals surface area contributed by atoms with Crippen LogP contribution in [0.3, 0.4) is 0 Å². The fourth-order valence-corrected chi connectivity index (χ4v) is 5.21. The van der Waals surface area contributed by atoms with E-state index in [9.17, 15) is 24.5 Å². The van der Waals surface area contributed by atoms with E-state index >= 15 is 0 Å². The van der Waals surface area contributed by atoms with E-state index in [1.807, 2.05) is 41.3 Å². The van der Waals surface area contributed by atoms with Crippen molar-refractivity contribution in [3.63, 3.8) is 0 Å². The Hall–Kier alpha value is -3.81. The van der Waals surface area contributed by atoms with Crippen LogP contribution in [0.5, 0.6) is 0 Å². The minimum absolute atomic E-state index is 0.111. The lowest BCUT2D eigenvalue weighted by Gasteiger charge is -2.36. The minimum Gasteiger partial charge on any atom is -0.353 e. The highest BCUT2D eigenvalue weighted by atomic mass is 16.6. The van der Waals surface area contributed by atoms with Crippen LogP contribution in [0.2, 0.25) is 0 Å². The summed E-state index contributed by atoms with van der Waals surface area (Å²) in [6, 6.07) is 10.5. The number of carbonyl (C=O) groups excluding carboxylic acids is 3. The number of hydrogen-bond donors (Lipinski definition) is 0. The molecular weight excluding hydrogens is 398 g/mol. The highest BCUT2D eigenvalue weighted by Gasteiger charge is 2.63. The van der Waals surface area contributed by atoms with Crippen molar-refractivity contribution in [3.05, 3.63) is 69.8 Å². The number of hydrogen-bond acceptors (Lipinski definition) is 6. The van der Waals surface area contributed by atoms with Gasteiger partial charge in [0, 0.05) is 17.8 Å². The number of nitro groups is 1. The van der Waals surface area contributed by atoms with Gasteiger partial charge in [0.2, 0.25) is 11.8 Å². The Kier molecular flexibility index (Phi) is 4.08. The number of para-hydroxylation sites is 1. The van der Waals surface area contributed by atoms with Crippen LogP contribution in [-0.4, -0.2) is 34.6 Å². The lowest BCUT2D eigenvalue weighted by Crippen LogP contribution is -2.48. The molecule has 3 aliphatic rings. The highest BCUT2D eigenvalue weighted by molar-refractivity contribution is 6.25. The molecule has 2 fully saturated rings. The quantitative estimate of drug-likeness (QED) is 0.432. The summed E-state index contributed by atoms with van der Waals surface area (Å²) in [7, 11) is 0. The summed E-state index contributed by atoms with van der Waals surface area (Å²) < 4.78 is 0. The topological polar surface area (TPSA) is 101 Å². The molecule has 8 nitrogen and oxygen atoms in total. The van der Waals surface area contributed by atoms with Crippen molar-refractivity contribution in [3.8, 4) is 0 Å². The first-order valence-corrected chi connectivity index (χ1v) is 10.00. The summed E-state index contributed by atoms with van der Waals surface area (Å²) in [6.45, 7) is 3.07. The smallest absolute Gasteiger partial charge is 0.269 e. The summed E-state index contributed by atoms with van der Waals surface area (Å²) in [4.78, 5) is 53.3. The Bertz CT molecular complexity index is 1200. The van der Waals surface area contributed by atoms with Crippen molar-refractivity contribution < 1.29 is 19.3 Å². The standard InChI is InChI=1S/C23H19N3O5/c1-12-11-15(26(30)31)8-10-16(12)25-22(28)19-18-9-7-14-5-3-4-6-17(14)24(18)21(13(2)27)20(19)23(25)29/h3-11,18-21H,1-2H3/t18-,19-,20-,21-/m1/s1. The van der Waals surface area contributed by atoms with Crippen molar-refractivity contribution in [1.29, 1.82) is 0 Å². The number of anilines is 2. The summed E-state index contributed by atoms with van der Waals surface area (Å²) in [5.74, 6) is -2.49. The average molecular weight is 417 g/mol. The number of imide groups is 1. The van der Waals surface area contributed by atoms with E-state index in [1.165, 1.54) is 25.1 Å². The molecule has 31 heavy (non-hydrogen) atoms. The molecule has 0 saturated carbocycles. The van der Waals surface area contributed by atoms with Gasteiger partial charge in [-0.25, -0.2) is 4.90 Å². The van der Waals surface area contributed by atoms with Gasteiger partial charge in [-0.05, 0) is 37.1 Å². The molecule has 4 atom stereocenters. The average Bonchev–Trinajstić information content (AvgIpc) is 3.21. The molecule has 156 valence electrons. The number of aryl methyl sites for hydroxylation is 1. The third-order valence-electron chi connectivity index (χ3n) is 6.46. The fraction of sp³-hybridized carbons (Fsp3) is 0.261. The Morgan fingerprint density at radius 1 is 1.03 bits per heavy atom. The monoisotopic (exact) mass is 417 g/mol. The van der Waals surface area contributed by atoms with Gasteiger partial charge in [0.15, 0.2) is 5.78 Å². The largest absolute Gasteiger partial charge is 0.353 e. The van der Waals surface area contributed by atoms with Crippen molar-refractivity contribution in [2.45, 2.75) is 25.9 Å². The number of fused-ring (bicyclic) bond motifs is 5. The number of amides is 2. The molecule has 8 heteroatoms. The van der Waals surface area contributed by atoms with Gasteiger partial charge < -0.3 is 4.90 Å². The molecule has 3 aliphatic heterocycles. The number of benzene rings is 2. The zero-order valence-corrected chi connectivity index (χ0v) is 16.9. The van der Waals surface area contributed by atoms with Crippen LogP contribution in [0.4, 0.5) is 17.1 Å². The van der Waals surface area contributed by atoms with Crippen LogP contribution in [0.25, 0.3) is 6.08 Å². The molecule has 0 aliphatic carbocycles. The van der Waals surface area contributed by atoms with E-state index in [1.54, 1.807) is 6.92 Å². The molecule has 2 aromatic rings. The molecule has 0 aromatic heterocycles. The number of nitrogens with zero attached hydrogens (tertiary/aromatic N) is 3. The van der Waals surface area contributed by atoms with E-state index in [0.29, 0.717) is 11.3 Å². The second kappa shape index (κ2) is 6.60. The minimum atomic E-state index is -0.805. The third kappa shape index (κ3) is 2.57. The SMILES string of the molecule is CC(=O)[C@@H]1[C@@H]2C(=O)N(c3ccc([N+](=O)[O-])cc3C)C(=O)[C@@H]2[C@H]2C=Cc3ccccc3N21. The van der Waals surface area contributed by atoms with Crippen molar-refractivity contribution >= 4 is 40.7 Å². The summed E-state index contributed by atoms with van der Waals surface area (Å²) in [5.41, 5.74) is 2.44. The van der Waals surface area contributed by atoms with Crippen molar-refractivity contribution in [2.75, 3.05) is 9.80 Å². The Morgan fingerprint density at radius 2 is 1.74 bits per heavy atom. The number of nitro benzene ring substituents is 1. The van der Waals surface area contributed by atoms with Crippen LogP contribution >= 0.6 is 0 Å². The number of carbonyl (C=O) groups is 3. The van der Waals surface area contributed by atoms with Gasteiger partial charge in [-0.1, -0.05) is 30.4 Å². The predicted molar refractivity (Wildman–Crippen MR) is 114 cm³/mol. The summed E-state index contributed by atoms with van der Waals surface area (Å²) in [6.07, 6.45) is 3.81. The predicted octanol–water partition coefficient (Wildman–Crippen LogP) is 2.88. The first-order valence-electron chi connectivity index (χ1n) is 10.00. The Labute approximate surface area is 177 Å². The molecule has 2 amide bonds. The first kappa shape index (κ1) is 19.2. The Morgan fingerprint density at radius 3 is 2.42 bits per heavy atom. The molecule has 0 spiro atoms. The van der Waals surface area contributed by atoms with Gasteiger partial charge in [0.25, 0.3) is 5.69 Å². The number of Topliss-reactive ketones (excluding diaryl/α,β-unsaturated/α-hetero) is 1.